The van der Waals surface area contributed by atoms with E-state index in [-0.39, 0.29) is 12.0 Å². The van der Waals surface area contributed by atoms with Gasteiger partial charge in [-0.2, -0.15) is 0 Å². The van der Waals surface area contributed by atoms with Crippen molar-refractivity contribution in [3.05, 3.63) is 35.7 Å². The number of nitrogens with one attached hydrogen (secondary N) is 1. The first-order chi connectivity index (χ1) is 9.66. The maximum atomic E-state index is 12.1. The summed E-state index contributed by atoms with van der Waals surface area (Å²) in [6.45, 7) is 1.20. The standard InChI is InChI=1S/C14H16N2O4/c17-13(18)4-3-10-8-15-6-5-12(10)14(19)16-9-11-2-1-7-20-11/h3-6,8,11H,1-2,7,9H2,(H,16,19)(H,17,18). The van der Waals surface area contributed by atoms with E-state index in [0.29, 0.717) is 17.7 Å². The Morgan fingerprint density at radius 3 is 3.10 bits per heavy atom. The van der Waals surface area contributed by atoms with Crippen molar-refractivity contribution in [2.75, 3.05) is 13.2 Å². The van der Waals surface area contributed by atoms with Crippen molar-refractivity contribution in [1.29, 1.82) is 0 Å². The zero-order chi connectivity index (χ0) is 14.4. The van der Waals surface area contributed by atoms with E-state index < -0.39 is 5.97 Å². The summed E-state index contributed by atoms with van der Waals surface area (Å²) < 4.78 is 5.43. The van der Waals surface area contributed by atoms with E-state index in [4.69, 9.17) is 9.84 Å². The quantitative estimate of drug-likeness (QED) is 0.786. The highest BCUT2D eigenvalue weighted by atomic mass is 16.5. The van der Waals surface area contributed by atoms with Gasteiger partial charge >= 0.3 is 5.97 Å². The predicted octanol–water partition coefficient (Wildman–Crippen LogP) is 1.09. The van der Waals surface area contributed by atoms with Crippen LogP contribution >= 0.6 is 0 Å². The number of hydrogen-bond acceptors (Lipinski definition) is 4. The van der Waals surface area contributed by atoms with Gasteiger partial charge in [0.05, 0.1) is 6.10 Å². The summed E-state index contributed by atoms with van der Waals surface area (Å²) in [5.74, 6) is -1.33. The number of pyridine rings is 1. The molecule has 1 fully saturated rings. The molecule has 1 saturated heterocycles. The molecule has 2 heterocycles. The third-order valence-corrected chi connectivity index (χ3v) is 3.02. The maximum absolute atomic E-state index is 12.1. The number of carbonyl (C=O) groups excluding carboxylic acids is 1. The van der Waals surface area contributed by atoms with E-state index in [1.54, 1.807) is 6.07 Å². The second-order valence-electron chi connectivity index (χ2n) is 4.48. The molecule has 1 aromatic rings. The van der Waals surface area contributed by atoms with Crippen molar-refractivity contribution < 1.29 is 19.4 Å². The Hall–Kier alpha value is -2.21. The molecular formula is C14H16N2O4. The smallest absolute Gasteiger partial charge is 0.328 e. The van der Waals surface area contributed by atoms with Crippen molar-refractivity contribution in [2.24, 2.45) is 0 Å². The average Bonchev–Trinajstić information content (AvgIpc) is 2.96. The summed E-state index contributed by atoms with van der Waals surface area (Å²) in [5, 5.41) is 11.4. The maximum Gasteiger partial charge on any atom is 0.328 e. The van der Waals surface area contributed by atoms with Gasteiger partial charge in [-0.3, -0.25) is 9.78 Å². The predicted molar refractivity (Wildman–Crippen MR) is 72.2 cm³/mol. The topological polar surface area (TPSA) is 88.5 Å². The fraction of sp³-hybridized carbons (Fsp3) is 0.357. The molecule has 2 N–H and O–H groups in total. The Kier molecular flexibility index (Phi) is 4.84. The number of carboxylic acids is 1. The lowest BCUT2D eigenvalue weighted by molar-refractivity contribution is -0.131. The molecule has 1 atom stereocenters. The molecule has 1 amide bonds. The number of carboxylic acid groups (broad SMARTS) is 1. The molecule has 1 aliphatic heterocycles. The number of aliphatic carboxylic acids is 1. The molecule has 0 aromatic carbocycles. The second kappa shape index (κ2) is 6.81. The summed E-state index contributed by atoms with van der Waals surface area (Å²) >= 11 is 0. The van der Waals surface area contributed by atoms with Gasteiger partial charge in [0.1, 0.15) is 0 Å². The largest absolute Gasteiger partial charge is 0.478 e. The summed E-state index contributed by atoms with van der Waals surface area (Å²) in [6, 6.07) is 1.56. The van der Waals surface area contributed by atoms with Crippen LogP contribution in [0.1, 0.15) is 28.8 Å². The van der Waals surface area contributed by atoms with Crippen LogP contribution in [0.4, 0.5) is 0 Å². The van der Waals surface area contributed by atoms with Crippen molar-refractivity contribution in [1.82, 2.24) is 10.3 Å². The summed E-state index contributed by atoms with van der Waals surface area (Å²) in [5.41, 5.74) is 0.871. The summed E-state index contributed by atoms with van der Waals surface area (Å²) in [6.07, 6.45) is 7.33. The number of amides is 1. The molecule has 0 aliphatic carbocycles. The molecule has 1 unspecified atom stereocenters. The summed E-state index contributed by atoms with van der Waals surface area (Å²) in [4.78, 5) is 26.5. The van der Waals surface area contributed by atoms with Crippen LogP contribution in [0.25, 0.3) is 6.08 Å². The molecule has 0 radical (unpaired) electrons. The van der Waals surface area contributed by atoms with E-state index >= 15 is 0 Å². The highest BCUT2D eigenvalue weighted by Gasteiger charge is 2.17. The van der Waals surface area contributed by atoms with Gasteiger partial charge in [-0.15, -0.1) is 0 Å². The van der Waals surface area contributed by atoms with Crippen LogP contribution in [-0.4, -0.2) is 41.2 Å². The van der Waals surface area contributed by atoms with Crippen molar-refractivity contribution in [3.63, 3.8) is 0 Å². The van der Waals surface area contributed by atoms with Gasteiger partial charge in [0.15, 0.2) is 0 Å². The minimum atomic E-state index is -1.07. The van der Waals surface area contributed by atoms with Gasteiger partial charge in [-0.1, -0.05) is 0 Å². The molecule has 106 valence electrons. The third kappa shape index (κ3) is 3.89. The van der Waals surface area contributed by atoms with Crippen molar-refractivity contribution >= 4 is 18.0 Å². The Balaban J connectivity index is 2.02. The van der Waals surface area contributed by atoms with Crippen LogP contribution in [0.15, 0.2) is 24.5 Å². The first-order valence-corrected chi connectivity index (χ1v) is 6.41. The lowest BCUT2D eigenvalue weighted by Gasteiger charge is -2.11. The SMILES string of the molecule is O=C(O)C=Cc1cnccc1C(=O)NCC1CCCO1. The molecular weight excluding hydrogens is 260 g/mol. The third-order valence-electron chi connectivity index (χ3n) is 3.02. The van der Waals surface area contributed by atoms with Crippen LogP contribution in [0.3, 0.4) is 0 Å². The molecule has 2 rings (SSSR count). The fourth-order valence-electron chi connectivity index (χ4n) is 2.01. The van der Waals surface area contributed by atoms with Crippen LogP contribution in [-0.2, 0) is 9.53 Å². The lowest BCUT2D eigenvalue weighted by Crippen LogP contribution is -2.32. The Bertz CT molecular complexity index is 522. The summed E-state index contributed by atoms with van der Waals surface area (Å²) in [7, 11) is 0. The number of carbonyl (C=O) groups is 2. The molecule has 0 bridgehead atoms. The van der Waals surface area contributed by atoms with Crippen LogP contribution in [0.5, 0.6) is 0 Å². The van der Waals surface area contributed by atoms with Crippen LogP contribution in [0.2, 0.25) is 0 Å². The van der Waals surface area contributed by atoms with E-state index in [0.717, 1.165) is 25.5 Å². The first-order valence-electron chi connectivity index (χ1n) is 6.41. The number of hydrogen-bond donors (Lipinski definition) is 2. The highest BCUT2D eigenvalue weighted by Crippen LogP contribution is 2.12. The average molecular weight is 276 g/mol. The zero-order valence-corrected chi connectivity index (χ0v) is 10.9. The molecule has 6 nitrogen and oxygen atoms in total. The highest BCUT2D eigenvalue weighted by molar-refractivity contribution is 5.98. The van der Waals surface area contributed by atoms with Gasteiger partial charge in [0.2, 0.25) is 0 Å². The second-order valence-corrected chi connectivity index (χ2v) is 4.48. The molecule has 20 heavy (non-hydrogen) atoms. The van der Waals surface area contributed by atoms with Gasteiger partial charge in [-0.05, 0) is 25.0 Å². The normalized spacial score (nSPS) is 18.3. The number of ether oxygens (including phenoxy) is 1. The van der Waals surface area contributed by atoms with Gasteiger partial charge in [0.25, 0.3) is 5.91 Å². The number of nitrogens with zero attached hydrogens (tertiary/aromatic N) is 1. The van der Waals surface area contributed by atoms with Crippen LogP contribution in [0, 0.1) is 0 Å². The van der Waals surface area contributed by atoms with Gasteiger partial charge < -0.3 is 15.2 Å². The molecule has 1 aliphatic rings. The Morgan fingerprint density at radius 2 is 2.40 bits per heavy atom. The minimum Gasteiger partial charge on any atom is -0.478 e. The molecule has 1 aromatic heterocycles. The molecule has 0 spiro atoms. The first kappa shape index (κ1) is 14.2. The van der Waals surface area contributed by atoms with E-state index in [1.165, 1.54) is 18.5 Å². The van der Waals surface area contributed by atoms with Gasteiger partial charge in [0, 0.05) is 42.7 Å². The van der Waals surface area contributed by atoms with Crippen LogP contribution < -0.4 is 5.32 Å². The van der Waals surface area contributed by atoms with Gasteiger partial charge in [-0.25, -0.2) is 4.79 Å². The lowest BCUT2D eigenvalue weighted by atomic mass is 10.1. The monoisotopic (exact) mass is 276 g/mol. The van der Waals surface area contributed by atoms with Crippen molar-refractivity contribution in [2.45, 2.75) is 18.9 Å². The molecule has 6 heteroatoms. The van der Waals surface area contributed by atoms with E-state index in [2.05, 4.69) is 10.3 Å². The minimum absolute atomic E-state index is 0.0683. The zero-order valence-electron chi connectivity index (χ0n) is 10.9. The Labute approximate surface area is 116 Å². The van der Waals surface area contributed by atoms with E-state index in [9.17, 15) is 9.59 Å². The van der Waals surface area contributed by atoms with E-state index in [1.807, 2.05) is 0 Å². The Morgan fingerprint density at radius 1 is 1.55 bits per heavy atom. The van der Waals surface area contributed by atoms with Crippen molar-refractivity contribution in [3.8, 4) is 0 Å². The number of aromatic nitrogens is 1. The number of rotatable bonds is 5. The molecule has 0 saturated carbocycles. The fourth-order valence-corrected chi connectivity index (χ4v) is 2.01.